The number of alkyl halides is 3. The maximum atomic E-state index is 12.2. The van der Waals surface area contributed by atoms with Crippen molar-refractivity contribution in [2.45, 2.75) is 12.7 Å². The van der Waals surface area contributed by atoms with Crippen molar-refractivity contribution >= 4 is 17.4 Å². The number of carbonyl (C=O) groups excluding carboxylic acids is 1. The smallest absolute Gasteiger partial charge is 0.383 e. The highest BCUT2D eigenvalue weighted by atomic mass is 35.5. The van der Waals surface area contributed by atoms with Crippen molar-refractivity contribution in [3.63, 3.8) is 0 Å². The predicted molar refractivity (Wildman–Crippen MR) is 49.5 cm³/mol. The Morgan fingerprint density at radius 2 is 2.25 bits per heavy atom. The summed E-state index contributed by atoms with van der Waals surface area (Å²) in [6.07, 6.45) is -3.97. The fourth-order valence-electron chi connectivity index (χ4n) is 1.07. The molecule has 1 rings (SSSR count). The van der Waals surface area contributed by atoms with Crippen LogP contribution in [0.15, 0.2) is 6.20 Å². The van der Waals surface area contributed by atoms with Crippen LogP contribution < -0.4 is 0 Å². The molecule has 8 heteroatoms. The molecule has 0 aliphatic carbocycles. The highest BCUT2D eigenvalue weighted by Gasteiger charge is 2.42. The number of hydrogen-bond acceptors (Lipinski definition) is 3. The summed E-state index contributed by atoms with van der Waals surface area (Å²) >= 11 is 5.48. The lowest BCUT2D eigenvalue weighted by atomic mass is 10.3. The largest absolute Gasteiger partial charge is 0.456 e. The van der Waals surface area contributed by atoms with Crippen LogP contribution >= 0.6 is 11.6 Å². The first-order chi connectivity index (χ1) is 7.38. The molecule has 0 saturated heterocycles. The van der Waals surface area contributed by atoms with Gasteiger partial charge in [-0.3, -0.25) is 9.48 Å². The monoisotopic (exact) mass is 256 g/mol. The molecule has 4 nitrogen and oxygen atoms in total. The standard InChI is InChI=1S/C8H8ClF3N2O2/c1-16-3-2-14-6(5(9)4-13-14)7(15)8(10,11)12/h4H,2-3H2,1H3. The van der Waals surface area contributed by atoms with E-state index in [1.54, 1.807) is 0 Å². The Morgan fingerprint density at radius 1 is 1.62 bits per heavy atom. The summed E-state index contributed by atoms with van der Waals surface area (Å²) < 4.78 is 42.2. The van der Waals surface area contributed by atoms with Crippen molar-refractivity contribution in [2.75, 3.05) is 13.7 Å². The number of rotatable bonds is 4. The fourth-order valence-corrected chi connectivity index (χ4v) is 1.30. The molecule has 0 radical (unpaired) electrons. The second-order valence-electron chi connectivity index (χ2n) is 2.88. The summed E-state index contributed by atoms with van der Waals surface area (Å²) in [7, 11) is 1.39. The lowest BCUT2D eigenvalue weighted by Crippen LogP contribution is -2.26. The van der Waals surface area contributed by atoms with Crippen LogP contribution in [-0.4, -0.2) is 35.5 Å². The zero-order chi connectivity index (χ0) is 12.3. The Balaban J connectivity index is 3.02. The van der Waals surface area contributed by atoms with Gasteiger partial charge in [0.15, 0.2) is 0 Å². The van der Waals surface area contributed by atoms with E-state index in [4.69, 9.17) is 11.6 Å². The van der Waals surface area contributed by atoms with Crippen LogP contribution in [0.5, 0.6) is 0 Å². The molecule has 16 heavy (non-hydrogen) atoms. The molecule has 0 atom stereocenters. The van der Waals surface area contributed by atoms with Crippen molar-refractivity contribution in [1.82, 2.24) is 9.78 Å². The highest BCUT2D eigenvalue weighted by Crippen LogP contribution is 2.25. The molecule has 90 valence electrons. The molecule has 0 saturated carbocycles. The topological polar surface area (TPSA) is 44.1 Å². The van der Waals surface area contributed by atoms with Gasteiger partial charge in [0, 0.05) is 7.11 Å². The summed E-state index contributed by atoms with van der Waals surface area (Å²) in [5.41, 5.74) is -0.661. The molecular formula is C8H8ClF3N2O2. The maximum absolute atomic E-state index is 12.2. The lowest BCUT2D eigenvalue weighted by Gasteiger charge is -2.08. The van der Waals surface area contributed by atoms with Gasteiger partial charge in [-0.1, -0.05) is 11.6 Å². The first kappa shape index (κ1) is 13.0. The molecule has 0 bridgehead atoms. The fraction of sp³-hybridized carbons (Fsp3) is 0.500. The second kappa shape index (κ2) is 4.84. The van der Waals surface area contributed by atoms with Crippen LogP contribution in [-0.2, 0) is 11.3 Å². The molecule has 0 fully saturated rings. The minimum absolute atomic E-state index is 0.0281. The molecule has 1 aromatic rings. The molecule has 0 aliphatic rings. The first-order valence-electron chi connectivity index (χ1n) is 4.19. The second-order valence-corrected chi connectivity index (χ2v) is 3.29. The van der Waals surface area contributed by atoms with Crippen molar-refractivity contribution in [2.24, 2.45) is 0 Å². The van der Waals surface area contributed by atoms with Gasteiger partial charge in [-0.05, 0) is 0 Å². The summed E-state index contributed by atoms with van der Waals surface area (Å²) in [6, 6.07) is 0. The van der Waals surface area contributed by atoms with Gasteiger partial charge >= 0.3 is 6.18 Å². The zero-order valence-corrected chi connectivity index (χ0v) is 8.97. The number of aromatic nitrogens is 2. The van der Waals surface area contributed by atoms with Gasteiger partial charge in [0.05, 0.1) is 24.4 Å². The number of hydrogen-bond donors (Lipinski definition) is 0. The maximum Gasteiger partial charge on any atom is 0.456 e. The number of methoxy groups -OCH3 is 1. The summed E-state index contributed by atoms with van der Waals surface area (Å²) in [5.74, 6) is -2.01. The van der Waals surface area contributed by atoms with Crippen LogP contribution in [0, 0.1) is 0 Å². The number of carbonyl (C=O) groups is 1. The Bertz CT molecular complexity index is 389. The van der Waals surface area contributed by atoms with E-state index in [1.807, 2.05) is 0 Å². The third-order valence-electron chi connectivity index (χ3n) is 1.77. The van der Waals surface area contributed by atoms with Gasteiger partial charge in [0.2, 0.25) is 0 Å². The van der Waals surface area contributed by atoms with Crippen LogP contribution in [0.2, 0.25) is 5.02 Å². The van der Waals surface area contributed by atoms with Gasteiger partial charge in [0.25, 0.3) is 5.78 Å². The van der Waals surface area contributed by atoms with Crippen LogP contribution in [0.4, 0.5) is 13.2 Å². The molecule has 0 spiro atoms. The van der Waals surface area contributed by atoms with Gasteiger partial charge in [-0.25, -0.2) is 0 Å². The summed E-state index contributed by atoms with van der Waals surface area (Å²) in [4.78, 5) is 11.0. The number of nitrogens with zero attached hydrogens (tertiary/aromatic N) is 2. The van der Waals surface area contributed by atoms with Gasteiger partial charge in [0.1, 0.15) is 5.69 Å². The minimum Gasteiger partial charge on any atom is -0.383 e. The quantitative estimate of drug-likeness (QED) is 0.773. The SMILES string of the molecule is COCCn1ncc(Cl)c1C(=O)C(F)(F)F. The van der Waals surface area contributed by atoms with Gasteiger partial charge < -0.3 is 4.74 Å². The summed E-state index contributed by atoms with van der Waals surface area (Å²) in [5, 5.41) is 3.25. The van der Waals surface area contributed by atoms with E-state index in [-0.39, 0.29) is 18.2 Å². The van der Waals surface area contributed by atoms with Crippen molar-refractivity contribution < 1.29 is 22.7 Å². The number of ketones is 1. The van der Waals surface area contributed by atoms with Crippen molar-refractivity contribution in [1.29, 1.82) is 0 Å². The van der Waals surface area contributed by atoms with E-state index in [2.05, 4.69) is 9.84 Å². The van der Waals surface area contributed by atoms with Crippen molar-refractivity contribution in [3.05, 3.63) is 16.9 Å². The van der Waals surface area contributed by atoms with E-state index in [9.17, 15) is 18.0 Å². The zero-order valence-electron chi connectivity index (χ0n) is 8.21. The summed E-state index contributed by atoms with van der Waals surface area (Å²) in [6.45, 7) is 0.163. The molecule has 0 unspecified atom stereocenters. The Kier molecular flexibility index (Phi) is 3.93. The number of ether oxygens (including phenoxy) is 1. The Labute approximate surface area is 93.9 Å². The predicted octanol–water partition coefficient (Wildman–Crippen LogP) is 1.93. The first-order valence-corrected chi connectivity index (χ1v) is 4.57. The van der Waals surface area contributed by atoms with Crippen molar-refractivity contribution in [3.8, 4) is 0 Å². The third-order valence-corrected chi connectivity index (χ3v) is 2.05. The molecular weight excluding hydrogens is 249 g/mol. The molecule has 0 aliphatic heterocycles. The van der Waals surface area contributed by atoms with E-state index >= 15 is 0 Å². The third kappa shape index (κ3) is 2.73. The Hall–Kier alpha value is -1.08. The minimum atomic E-state index is -4.96. The number of halogens is 4. The average Bonchev–Trinajstić information content (AvgIpc) is 2.54. The normalized spacial score (nSPS) is 11.8. The lowest BCUT2D eigenvalue weighted by molar-refractivity contribution is -0.0891. The van der Waals surface area contributed by atoms with E-state index < -0.39 is 17.7 Å². The van der Waals surface area contributed by atoms with Gasteiger partial charge in [-0.15, -0.1) is 0 Å². The Morgan fingerprint density at radius 3 is 2.75 bits per heavy atom. The number of Topliss-reactive ketones (excluding diaryl/α,β-unsaturated/α-hetero) is 1. The van der Waals surface area contributed by atoms with Crippen LogP contribution in [0.3, 0.4) is 0 Å². The van der Waals surface area contributed by atoms with Gasteiger partial charge in [-0.2, -0.15) is 18.3 Å². The molecule has 0 aromatic carbocycles. The molecule has 0 N–H and O–H groups in total. The average molecular weight is 257 g/mol. The van der Waals surface area contributed by atoms with E-state index in [1.165, 1.54) is 7.11 Å². The van der Waals surface area contributed by atoms with Crippen LogP contribution in [0.1, 0.15) is 10.5 Å². The van der Waals surface area contributed by atoms with E-state index in [0.29, 0.717) is 0 Å². The molecule has 0 amide bonds. The molecule has 1 aromatic heterocycles. The molecule has 1 heterocycles. The van der Waals surface area contributed by atoms with Crippen LogP contribution in [0.25, 0.3) is 0 Å². The van der Waals surface area contributed by atoms with E-state index in [0.717, 1.165) is 10.9 Å². The highest BCUT2D eigenvalue weighted by molar-refractivity contribution is 6.33.